The first-order valence-corrected chi connectivity index (χ1v) is 13.7. The Morgan fingerprint density at radius 1 is 0.833 bits per heavy atom. The molecule has 2 aliphatic heterocycles. The molecule has 6 nitrogen and oxygen atoms in total. The van der Waals surface area contributed by atoms with Crippen molar-refractivity contribution < 1.29 is 28.2 Å². The van der Waals surface area contributed by atoms with Gasteiger partial charge < -0.3 is 14.4 Å². The van der Waals surface area contributed by atoms with Gasteiger partial charge in [-0.1, -0.05) is 66.7 Å². The van der Waals surface area contributed by atoms with E-state index in [1.807, 2.05) is 11.0 Å². The first-order valence-electron chi connectivity index (χ1n) is 13.7. The molecule has 3 unspecified atom stereocenters. The van der Waals surface area contributed by atoms with Crippen molar-refractivity contribution in [1.82, 2.24) is 0 Å². The van der Waals surface area contributed by atoms with Gasteiger partial charge in [0.05, 0.1) is 20.3 Å². The number of anilines is 1. The van der Waals surface area contributed by atoms with Gasteiger partial charge in [0.25, 0.3) is 0 Å². The molecule has 0 N–H and O–H groups in total. The van der Waals surface area contributed by atoms with Gasteiger partial charge in [-0.3, -0.25) is 14.4 Å². The van der Waals surface area contributed by atoms with Crippen molar-refractivity contribution in [2.24, 2.45) is 5.41 Å². The van der Waals surface area contributed by atoms with E-state index >= 15 is 0 Å². The molecule has 1 spiro atoms. The summed E-state index contributed by atoms with van der Waals surface area (Å²) in [6.45, 7) is 0. The van der Waals surface area contributed by atoms with Gasteiger partial charge in [-0.15, -0.1) is 0 Å². The van der Waals surface area contributed by atoms with E-state index in [0.29, 0.717) is 45.0 Å². The van der Waals surface area contributed by atoms with E-state index in [-0.39, 0.29) is 17.3 Å². The zero-order valence-corrected chi connectivity index (χ0v) is 22.9. The van der Waals surface area contributed by atoms with Crippen LogP contribution in [-0.2, 0) is 0 Å². The van der Waals surface area contributed by atoms with Gasteiger partial charge in [-0.2, -0.15) is 0 Å². The van der Waals surface area contributed by atoms with E-state index in [1.54, 1.807) is 84.9 Å². The van der Waals surface area contributed by atoms with Crippen LogP contribution in [0, 0.1) is 11.2 Å². The maximum atomic E-state index is 14.8. The van der Waals surface area contributed by atoms with E-state index in [0.717, 1.165) is 0 Å². The summed E-state index contributed by atoms with van der Waals surface area (Å²) in [6, 6.07) is 23.3. The summed E-state index contributed by atoms with van der Waals surface area (Å²) in [7, 11) is 3.04. The van der Waals surface area contributed by atoms with Crippen LogP contribution in [0.15, 0.2) is 97.1 Å². The normalized spacial score (nSPS) is 21.2. The van der Waals surface area contributed by atoms with E-state index in [2.05, 4.69) is 0 Å². The largest absolute Gasteiger partial charge is 0.497 e. The molecule has 0 saturated carbocycles. The van der Waals surface area contributed by atoms with Gasteiger partial charge in [0.1, 0.15) is 28.8 Å². The molecule has 1 fully saturated rings. The minimum Gasteiger partial charge on any atom is -0.497 e. The molecule has 208 valence electrons. The zero-order chi connectivity index (χ0) is 29.2. The fourth-order valence-corrected chi connectivity index (χ4v) is 7.15. The second kappa shape index (κ2) is 9.52. The van der Waals surface area contributed by atoms with Crippen LogP contribution in [0.1, 0.15) is 48.1 Å². The van der Waals surface area contributed by atoms with Crippen LogP contribution in [0.25, 0.3) is 6.08 Å². The van der Waals surface area contributed by atoms with Crippen LogP contribution in [0.2, 0.25) is 0 Å². The predicted octanol–water partition coefficient (Wildman–Crippen LogP) is 6.16. The Morgan fingerprint density at radius 3 is 2.19 bits per heavy atom. The van der Waals surface area contributed by atoms with Crippen LogP contribution < -0.4 is 14.4 Å². The van der Waals surface area contributed by atoms with Crippen molar-refractivity contribution in [1.29, 1.82) is 0 Å². The average Bonchev–Trinajstić information content (AvgIpc) is 3.46. The maximum Gasteiger partial charge on any atom is 0.185 e. The molecule has 7 rings (SSSR count). The third-order valence-corrected chi connectivity index (χ3v) is 8.86. The smallest absolute Gasteiger partial charge is 0.185 e. The van der Waals surface area contributed by atoms with Crippen LogP contribution in [0.5, 0.6) is 11.5 Å². The molecule has 3 atom stereocenters. The van der Waals surface area contributed by atoms with Crippen LogP contribution >= 0.6 is 0 Å². The van der Waals surface area contributed by atoms with Gasteiger partial charge in [0.2, 0.25) is 0 Å². The molecule has 1 saturated heterocycles. The topological polar surface area (TPSA) is 72.9 Å². The van der Waals surface area contributed by atoms with Gasteiger partial charge in [-0.25, -0.2) is 4.39 Å². The number of halogens is 1. The summed E-state index contributed by atoms with van der Waals surface area (Å²) in [5, 5.41) is 0. The highest BCUT2D eigenvalue weighted by atomic mass is 19.1. The van der Waals surface area contributed by atoms with E-state index in [9.17, 15) is 18.8 Å². The molecule has 0 aromatic heterocycles. The highest BCUT2D eigenvalue weighted by molar-refractivity contribution is 6.32. The lowest BCUT2D eigenvalue weighted by molar-refractivity contribution is 0.0664. The van der Waals surface area contributed by atoms with Crippen LogP contribution in [-0.4, -0.2) is 43.7 Å². The first-order chi connectivity index (χ1) is 20.4. The Bertz CT molecular complexity index is 1780. The van der Waals surface area contributed by atoms with E-state index in [1.165, 1.54) is 26.4 Å². The molecule has 1 aliphatic carbocycles. The Hall–Kier alpha value is -5.04. The van der Waals surface area contributed by atoms with Crippen LogP contribution in [0.3, 0.4) is 0 Å². The standard InChI is InChI=1S/C35H26FNO5/c1-41-23-14-16-28(42-2)26(19-23)30-31(32(38)20-8-4-3-5-9-20)37-27-15-13-22(36)18-21(27)12-17-29(37)35(30)33(39)24-10-6-7-11-25(24)34(35)40/h3-19,29-31H,1-2H3. The molecule has 2 heterocycles. The molecule has 0 amide bonds. The lowest BCUT2D eigenvalue weighted by Crippen LogP contribution is -2.48. The van der Waals surface area contributed by atoms with Gasteiger partial charge in [-0.05, 0) is 36.4 Å². The SMILES string of the molecule is COc1ccc(OC)c(C2C(C(=O)c3ccccc3)N3c4ccc(F)cc4C=CC3C23C(=O)c2ccccc2C3=O)c1. The van der Waals surface area contributed by atoms with Crippen molar-refractivity contribution in [3.8, 4) is 11.5 Å². The number of hydrogen-bond acceptors (Lipinski definition) is 6. The number of nitrogens with zero attached hydrogens (tertiary/aromatic N) is 1. The predicted molar refractivity (Wildman–Crippen MR) is 156 cm³/mol. The van der Waals surface area contributed by atoms with Crippen molar-refractivity contribution >= 4 is 29.1 Å². The Morgan fingerprint density at radius 2 is 1.52 bits per heavy atom. The molecule has 3 aliphatic rings. The Kier molecular flexibility index (Phi) is 5.87. The fraction of sp³-hybridized carbons (Fsp3) is 0.171. The minimum atomic E-state index is -1.71. The van der Waals surface area contributed by atoms with Crippen LogP contribution in [0.4, 0.5) is 10.1 Å². The second-order valence-electron chi connectivity index (χ2n) is 10.7. The summed E-state index contributed by atoms with van der Waals surface area (Å²) < 4.78 is 25.8. The zero-order valence-electron chi connectivity index (χ0n) is 22.9. The number of fused-ring (bicyclic) bond motifs is 5. The third-order valence-electron chi connectivity index (χ3n) is 8.86. The summed E-state index contributed by atoms with van der Waals surface area (Å²) in [5.41, 5.74) is 0.993. The fourth-order valence-electron chi connectivity index (χ4n) is 7.15. The molecule has 0 radical (unpaired) electrons. The first kappa shape index (κ1) is 25.9. The Labute approximate surface area is 242 Å². The van der Waals surface area contributed by atoms with Crippen molar-refractivity contribution in [2.75, 3.05) is 19.1 Å². The number of methoxy groups -OCH3 is 2. The number of benzene rings is 4. The number of carbonyl (C=O) groups is 3. The molecular weight excluding hydrogens is 533 g/mol. The van der Waals surface area contributed by atoms with Gasteiger partial charge >= 0.3 is 0 Å². The maximum absolute atomic E-state index is 14.8. The van der Waals surface area contributed by atoms with Crippen molar-refractivity contribution in [2.45, 2.75) is 18.0 Å². The summed E-state index contributed by atoms with van der Waals surface area (Å²) in [5.74, 6) is -1.47. The molecular formula is C35H26FNO5. The molecule has 42 heavy (non-hydrogen) atoms. The number of ketones is 3. The number of Topliss-reactive ketones (excluding diaryl/α,β-unsaturated/α-hetero) is 3. The molecule has 0 bridgehead atoms. The van der Waals surface area contributed by atoms with Crippen molar-refractivity contribution in [3.63, 3.8) is 0 Å². The lowest BCUT2D eigenvalue weighted by Gasteiger charge is -2.37. The lowest BCUT2D eigenvalue weighted by atomic mass is 9.64. The summed E-state index contributed by atoms with van der Waals surface area (Å²) in [6.07, 6.45) is 3.50. The quantitative estimate of drug-likeness (QED) is 0.216. The van der Waals surface area contributed by atoms with E-state index < -0.39 is 29.2 Å². The Balaban J connectivity index is 1.59. The third kappa shape index (κ3) is 3.40. The van der Waals surface area contributed by atoms with Gasteiger partial charge in [0.15, 0.2) is 17.3 Å². The van der Waals surface area contributed by atoms with E-state index in [4.69, 9.17) is 9.47 Å². The average molecular weight is 560 g/mol. The number of hydrogen-bond donors (Lipinski definition) is 0. The highest BCUT2D eigenvalue weighted by Gasteiger charge is 2.72. The summed E-state index contributed by atoms with van der Waals surface area (Å²) in [4.78, 5) is 46.1. The monoisotopic (exact) mass is 559 g/mol. The number of rotatable bonds is 5. The minimum absolute atomic E-state index is 0.269. The summed E-state index contributed by atoms with van der Waals surface area (Å²) >= 11 is 0. The van der Waals surface area contributed by atoms with Crippen molar-refractivity contribution in [3.05, 3.63) is 131 Å². The highest BCUT2D eigenvalue weighted by Crippen LogP contribution is 2.62. The van der Waals surface area contributed by atoms with Gasteiger partial charge in [0, 0.05) is 39.4 Å². The molecule has 4 aromatic carbocycles. The molecule has 7 heteroatoms. The molecule has 4 aromatic rings. The number of carbonyl (C=O) groups excluding carboxylic acids is 3. The second-order valence-corrected chi connectivity index (χ2v) is 10.7. The number of ether oxygens (including phenoxy) is 2.